The van der Waals surface area contributed by atoms with Crippen LogP contribution in [-0.4, -0.2) is 68.8 Å². The van der Waals surface area contributed by atoms with Crippen LogP contribution in [-0.2, 0) is 33.4 Å². The first-order valence-electron chi connectivity index (χ1n) is 10.8. The smallest absolute Gasteiger partial charge is 0.312 e. The Hall–Kier alpha value is -2.49. The molecule has 0 radical (unpaired) electrons. The minimum absolute atomic E-state index is 0.232. The van der Waals surface area contributed by atoms with Crippen molar-refractivity contribution in [2.45, 2.75) is 69.5 Å². The van der Waals surface area contributed by atoms with Crippen molar-refractivity contribution in [2.75, 3.05) is 0 Å². The zero-order chi connectivity index (χ0) is 25.8. The second-order valence-corrected chi connectivity index (χ2v) is 10.0. The van der Waals surface area contributed by atoms with Gasteiger partial charge in [0, 0.05) is 25.2 Å². The number of ether oxygens (including phenoxy) is 3. The van der Waals surface area contributed by atoms with Crippen LogP contribution in [0.5, 0.6) is 0 Å². The average molecular weight is 497 g/mol. The molecule has 0 unspecified atom stereocenters. The first-order valence-corrected chi connectivity index (χ1v) is 11.3. The van der Waals surface area contributed by atoms with Gasteiger partial charge in [0.2, 0.25) is 0 Å². The average Bonchev–Trinajstić information content (AvgIpc) is 2.96. The third kappa shape index (κ3) is 3.89. The lowest BCUT2D eigenvalue weighted by Crippen LogP contribution is -2.69. The Morgan fingerprint density at radius 2 is 1.71 bits per heavy atom. The van der Waals surface area contributed by atoms with Crippen LogP contribution in [0.25, 0.3) is 0 Å². The molecule has 0 amide bonds. The van der Waals surface area contributed by atoms with Gasteiger partial charge in [0.15, 0.2) is 17.5 Å². The van der Waals surface area contributed by atoms with Crippen molar-refractivity contribution in [3.05, 3.63) is 36.5 Å². The number of aliphatic hydroxyl groups is 2. The number of carbonyl (C=O) groups is 4. The van der Waals surface area contributed by atoms with E-state index >= 15 is 0 Å². The molecule has 10 heteroatoms. The summed E-state index contributed by atoms with van der Waals surface area (Å²) in [5.41, 5.74) is -5.65. The van der Waals surface area contributed by atoms with E-state index < -0.39 is 75.8 Å². The van der Waals surface area contributed by atoms with Crippen LogP contribution in [0.1, 0.15) is 34.6 Å². The largest absolute Gasteiger partial charge is 0.459 e. The number of allylic oxidation sites excluding steroid dienone is 1. The molecule has 0 aromatic heterocycles. The van der Waals surface area contributed by atoms with Gasteiger partial charge in [0.25, 0.3) is 0 Å². The van der Waals surface area contributed by atoms with Crippen molar-refractivity contribution in [3.8, 4) is 0 Å². The Morgan fingerprint density at radius 1 is 1.12 bits per heavy atom. The van der Waals surface area contributed by atoms with Crippen LogP contribution in [0.3, 0.4) is 0 Å². The second kappa shape index (κ2) is 8.62. The summed E-state index contributed by atoms with van der Waals surface area (Å²) in [4.78, 5) is 49.8. The lowest BCUT2D eigenvalue weighted by atomic mass is 9.55. The molecule has 3 aliphatic rings. The predicted molar refractivity (Wildman–Crippen MR) is 119 cm³/mol. The first-order chi connectivity index (χ1) is 15.6. The second-order valence-electron chi connectivity index (χ2n) is 9.55. The number of ketones is 1. The van der Waals surface area contributed by atoms with Crippen LogP contribution >= 0.6 is 11.6 Å². The fourth-order valence-corrected chi connectivity index (χ4v) is 5.62. The predicted octanol–water partition coefficient (Wildman–Crippen LogP) is 1.39. The zero-order valence-electron chi connectivity index (χ0n) is 19.6. The fraction of sp³-hybridized carbons (Fsp3) is 0.583. The minimum atomic E-state index is -2.27. The summed E-state index contributed by atoms with van der Waals surface area (Å²) in [5.74, 6) is -5.67. The quantitative estimate of drug-likeness (QED) is 0.330. The van der Waals surface area contributed by atoms with Gasteiger partial charge >= 0.3 is 17.9 Å². The third-order valence-corrected chi connectivity index (χ3v) is 7.69. The molecule has 2 aliphatic carbocycles. The van der Waals surface area contributed by atoms with Crippen LogP contribution in [0.4, 0.5) is 0 Å². The van der Waals surface area contributed by atoms with E-state index in [0.717, 1.165) is 13.0 Å². The molecule has 0 aromatic rings. The van der Waals surface area contributed by atoms with Gasteiger partial charge < -0.3 is 24.4 Å². The Labute approximate surface area is 202 Å². The highest BCUT2D eigenvalue weighted by Crippen LogP contribution is 2.54. The summed E-state index contributed by atoms with van der Waals surface area (Å²) in [7, 11) is 0. The van der Waals surface area contributed by atoms with E-state index in [1.807, 2.05) is 0 Å². The van der Waals surface area contributed by atoms with Gasteiger partial charge in [-0.05, 0) is 31.6 Å². The van der Waals surface area contributed by atoms with Crippen LogP contribution in [0.15, 0.2) is 36.5 Å². The lowest BCUT2D eigenvalue weighted by molar-refractivity contribution is -0.224. The standard InChI is InChI=1S/C24H29ClO9/c1-11-7-8-16(32-13(3)26)22(5)10-9-15(28)23(6,30)18(22)20(33-14(4)27)24(31)12(2)21(29)34-19(24)17(11)25/h7-10,12,16-20,30-31H,1H2,2-6H3/b8-7-/t12-,16+,17-,18+,19-,20+,22+,23+,24-/m0/s1. The molecule has 1 fully saturated rings. The maximum Gasteiger partial charge on any atom is 0.312 e. The van der Waals surface area contributed by atoms with Gasteiger partial charge in [-0.1, -0.05) is 25.7 Å². The molecule has 9 nitrogen and oxygen atoms in total. The van der Waals surface area contributed by atoms with Crippen molar-refractivity contribution < 1.29 is 43.6 Å². The molecule has 0 aromatic carbocycles. The van der Waals surface area contributed by atoms with E-state index in [0.29, 0.717) is 0 Å². The molecule has 3 rings (SSSR count). The maximum atomic E-state index is 12.9. The first kappa shape index (κ1) is 26.1. The molecule has 9 atom stereocenters. The highest BCUT2D eigenvalue weighted by Gasteiger charge is 2.70. The summed E-state index contributed by atoms with van der Waals surface area (Å²) in [6, 6.07) is 0. The van der Waals surface area contributed by atoms with Crippen molar-refractivity contribution in [2.24, 2.45) is 17.3 Å². The maximum absolute atomic E-state index is 12.9. The zero-order valence-corrected chi connectivity index (χ0v) is 20.4. The van der Waals surface area contributed by atoms with E-state index in [1.54, 1.807) is 6.92 Å². The lowest BCUT2D eigenvalue weighted by Gasteiger charge is -2.54. The van der Waals surface area contributed by atoms with Gasteiger partial charge in [-0.25, -0.2) is 0 Å². The van der Waals surface area contributed by atoms with Crippen molar-refractivity contribution in [3.63, 3.8) is 0 Å². The summed E-state index contributed by atoms with van der Waals surface area (Å²) >= 11 is 6.58. The van der Waals surface area contributed by atoms with E-state index in [4.69, 9.17) is 25.8 Å². The van der Waals surface area contributed by atoms with E-state index in [2.05, 4.69) is 6.58 Å². The minimum Gasteiger partial charge on any atom is -0.459 e. The highest BCUT2D eigenvalue weighted by atomic mass is 35.5. The Kier molecular flexibility index (Phi) is 6.62. The molecular formula is C24H29ClO9. The van der Waals surface area contributed by atoms with Crippen LogP contribution < -0.4 is 0 Å². The summed E-state index contributed by atoms with van der Waals surface area (Å²) in [6.45, 7) is 10.4. The molecule has 34 heavy (non-hydrogen) atoms. The van der Waals surface area contributed by atoms with E-state index in [9.17, 15) is 29.4 Å². The third-order valence-electron chi connectivity index (χ3n) is 7.18. The normalized spacial score (nSPS) is 45.0. The van der Waals surface area contributed by atoms with Gasteiger partial charge in [0.1, 0.15) is 17.8 Å². The summed E-state index contributed by atoms with van der Waals surface area (Å²) < 4.78 is 16.6. The molecular weight excluding hydrogens is 468 g/mol. The van der Waals surface area contributed by atoms with Crippen LogP contribution in [0, 0.1) is 17.3 Å². The molecule has 1 aliphatic heterocycles. The number of rotatable bonds is 2. The molecule has 1 heterocycles. The number of fused-ring (bicyclic) bond motifs is 2. The number of esters is 3. The SMILES string of the molecule is C=C1/C=C\[C@@H](OC(C)=O)[C@@]2(C)C=CC(=O)[C@@](C)(O)[C@@H]2[C@@H](OC(C)=O)[C@]2(O)[C@@H](C)C(=O)O[C@H]2[C@H]1Cl. The molecule has 0 bridgehead atoms. The van der Waals surface area contributed by atoms with Gasteiger partial charge in [-0.2, -0.15) is 0 Å². The van der Waals surface area contributed by atoms with Gasteiger partial charge in [-0.3, -0.25) is 19.2 Å². The number of hydrogen-bond acceptors (Lipinski definition) is 9. The van der Waals surface area contributed by atoms with Gasteiger partial charge in [-0.15, -0.1) is 11.6 Å². The molecule has 0 saturated carbocycles. The van der Waals surface area contributed by atoms with Crippen molar-refractivity contribution >= 4 is 35.3 Å². The molecule has 2 N–H and O–H groups in total. The topological polar surface area (TPSA) is 136 Å². The molecule has 1 saturated heterocycles. The number of halogens is 1. The molecule has 186 valence electrons. The van der Waals surface area contributed by atoms with E-state index in [1.165, 1.54) is 39.0 Å². The van der Waals surface area contributed by atoms with Gasteiger partial charge in [0.05, 0.1) is 11.3 Å². The molecule has 0 spiro atoms. The van der Waals surface area contributed by atoms with E-state index in [-0.39, 0.29) is 5.57 Å². The Bertz CT molecular complexity index is 998. The van der Waals surface area contributed by atoms with Crippen LogP contribution in [0.2, 0.25) is 0 Å². The summed E-state index contributed by atoms with van der Waals surface area (Å²) in [5, 5.41) is 22.4. The van der Waals surface area contributed by atoms with Crippen molar-refractivity contribution in [1.29, 1.82) is 0 Å². The Morgan fingerprint density at radius 3 is 2.26 bits per heavy atom. The summed E-state index contributed by atoms with van der Waals surface area (Å²) in [6.07, 6.45) is 1.34. The fourth-order valence-electron chi connectivity index (χ4n) is 5.30. The number of carbonyl (C=O) groups excluding carboxylic acids is 4. The van der Waals surface area contributed by atoms with Crippen molar-refractivity contribution in [1.82, 2.24) is 0 Å². The monoisotopic (exact) mass is 496 g/mol. The Balaban J connectivity index is 2.41. The number of hydrogen-bond donors (Lipinski definition) is 2. The number of alkyl halides is 1. The highest BCUT2D eigenvalue weighted by molar-refractivity contribution is 6.23.